The van der Waals surface area contributed by atoms with Crippen LogP contribution in [0.2, 0.25) is 0 Å². The molecule has 1 aliphatic rings. The molecule has 0 bridgehead atoms. The van der Waals surface area contributed by atoms with Crippen molar-refractivity contribution in [3.63, 3.8) is 0 Å². The van der Waals surface area contributed by atoms with E-state index < -0.39 is 17.7 Å². The van der Waals surface area contributed by atoms with Crippen LogP contribution in [-0.4, -0.2) is 13.2 Å². The van der Waals surface area contributed by atoms with Gasteiger partial charge in [-0.05, 0) is 36.2 Å². The first-order valence-corrected chi connectivity index (χ1v) is 6.73. The Morgan fingerprint density at radius 3 is 2.38 bits per heavy atom. The molecule has 0 spiro atoms. The highest BCUT2D eigenvalue weighted by Gasteiger charge is 2.17. The number of hydrogen-bond donors (Lipinski definition) is 1. The zero-order valence-corrected chi connectivity index (χ0v) is 11.3. The van der Waals surface area contributed by atoms with Crippen molar-refractivity contribution in [2.45, 2.75) is 12.5 Å². The summed E-state index contributed by atoms with van der Waals surface area (Å²) in [6.07, 6.45) is 0.0815. The molecule has 3 nitrogen and oxygen atoms in total. The topological polar surface area (TPSA) is 44.5 Å². The zero-order chi connectivity index (χ0) is 14.8. The normalized spacial score (nSPS) is 14.8. The third kappa shape index (κ3) is 2.83. The maximum Gasteiger partial charge on any atom is 0.161 e. The van der Waals surface area contributed by atoms with Gasteiger partial charge in [0.05, 0.1) is 0 Å². The van der Waals surface area contributed by atoms with E-state index in [1.807, 2.05) is 0 Å². The Labute approximate surface area is 121 Å². The first-order valence-electron chi connectivity index (χ1n) is 6.73. The SMILES string of the molecule is NC(Cc1c(F)cccc1F)c1ccc2c(c1)OCCO2. The molecule has 5 heteroatoms. The smallest absolute Gasteiger partial charge is 0.161 e. The lowest BCUT2D eigenvalue weighted by molar-refractivity contribution is 0.171. The molecule has 1 heterocycles. The Balaban J connectivity index is 1.84. The molecule has 2 aromatic rings. The molecule has 1 unspecified atom stereocenters. The number of halogens is 2. The van der Waals surface area contributed by atoms with E-state index in [0.717, 1.165) is 5.56 Å². The summed E-state index contributed by atoms with van der Waals surface area (Å²) in [5, 5.41) is 0. The van der Waals surface area contributed by atoms with Crippen LogP contribution in [-0.2, 0) is 6.42 Å². The molecule has 3 rings (SSSR count). The molecule has 2 N–H and O–H groups in total. The minimum Gasteiger partial charge on any atom is -0.486 e. The maximum atomic E-state index is 13.7. The van der Waals surface area contributed by atoms with Gasteiger partial charge in [-0.2, -0.15) is 0 Å². The summed E-state index contributed by atoms with van der Waals surface area (Å²) >= 11 is 0. The summed E-state index contributed by atoms with van der Waals surface area (Å²) in [4.78, 5) is 0. The lowest BCUT2D eigenvalue weighted by Gasteiger charge is -2.20. The van der Waals surface area contributed by atoms with E-state index in [9.17, 15) is 8.78 Å². The van der Waals surface area contributed by atoms with Crippen molar-refractivity contribution in [1.82, 2.24) is 0 Å². The zero-order valence-electron chi connectivity index (χ0n) is 11.3. The molecule has 0 fully saturated rings. The van der Waals surface area contributed by atoms with Crippen LogP contribution in [0.25, 0.3) is 0 Å². The predicted molar refractivity (Wildman–Crippen MR) is 74.4 cm³/mol. The van der Waals surface area contributed by atoms with Gasteiger partial charge in [0, 0.05) is 11.6 Å². The lowest BCUT2D eigenvalue weighted by Crippen LogP contribution is -2.18. The van der Waals surface area contributed by atoms with E-state index in [1.54, 1.807) is 18.2 Å². The minimum atomic E-state index is -0.581. The second-order valence-corrected chi connectivity index (χ2v) is 4.91. The van der Waals surface area contributed by atoms with E-state index in [2.05, 4.69) is 0 Å². The summed E-state index contributed by atoms with van der Waals surface area (Å²) in [5.41, 5.74) is 6.82. The first kappa shape index (κ1) is 13.8. The lowest BCUT2D eigenvalue weighted by atomic mass is 9.98. The van der Waals surface area contributed by atoms with Crippen LogP contribution in [0, 0.1) is 11.6 Å². The second kappa shape index (κ2) is 5.69. The molecule has 0 aliphatic carbocycles. The summed E-state index contributed by atoms with van der Waals surface area (Å²) in [5.74, 6) is 0.114. The van der Waals surface area contributed by atoms with E-state index >= 15 is 0 Å². The van der Waals surface area contributed by atoms with Crippen molar-refractivity contribution in [2.75, 3.05) is 13.2 Å². The fourth-order valence-corrected chi connectivity index (χ4v) is 2.36. The van der Waals surface area contributed by atoms with Crippen molar-refractivity contribution in [3.8, 4) is 11.5 Å². The summed E-state index contributed by atoms with van der Waals surface area (Å²) in [6, 6.07) is 8.59. The van der Waals surface area contributed by atoms with E-state index in [0.29, 0.717) is 24.7 Å². The fraction of sp³-hybridized carbons (Fsp3) is 0.250. The Hall–Kier alpha value is -2.14. The number of fused-ring (bicyclic) bond motifs is 1. The van der Waals surface area contributed by atoms with E-state index in [4.69, 9.17) is 15.2 Å². The van der Waals surface area contributed by atoms with Crippen molar-refractivity contribution in [2.24, 2.45) is 5.73 Å². The third-order valence-corrected chi connectivity index (χ3v) is 3.48. The van der Waals surface area contributed by atoms with Gasteiger partial charge >= 0.3 is 0 Å². The third-order valence-electron chi connectivity index (χ3n) is 3.48. The van der Waals surface area contributed by atoms with Crippen LogP contribution in [0.4, 0.5) is 8.78 Å². The number of ether oxygens (including phenoxy) is 2. The molecule has 0 radical (unpaired) electrons. The number of hydrogen-bond acceptors (Lipinski definition) is 3. The van der Waals surface area contributed by atoms with Gasteiger partial charge in [-0.3, -0.25) is 0 Å². The van der Waals surface area contributed by atoms with Crippen LogP contribution in [0.1, 0.15) is 17.2 Å². The van der Waals surface area contributed by atoms with Gasteiger partial charge in [0.15, 0.2) is 11.5 Å². The largest absolute Gasteiger partial charge is 0.486 e. The van der Waals surface area contributed by atoms with E-state index in [1.165, 1.54) is 18.2 Å². The van der Waals surface area contributed by atoms with Crippen LogP contribution < -0.4 is 15.2 Å². The maximum absolute atomic E-state index is 13.7. The highest BCUT2D eigenvalue weighted by Crippen LogP contribution is 2.33. The number of rotatable bonds is 3. The molecule has 0 saturated carbocycles. The molecule has 1 aliphatic heterocycles. The average Bonchev–Trinajstić information content (AvgIpc) is 2.50. The van der Waals surface area contributed by atoms with Crippen molar-refractivity contribution in [1.29, 1.82) is 0 Å². The standard InChI is InChI=1S/C16H15F2NO2/c17-12-2-1-3-13(18)11(12)9-14(19)10-4-5-15-16(8-10)21-7-6-20-15/h1-5,8,14H,6-7,9,19H2. The highest BCUT2D eigenvalue weighted by molar-refractivity contribution is 5.45. The van der Waals surface area contributed by atoms with Crippen LogP contribution in [0.15, 0.2) is 36.4 Å². The van der Waals surface area contributed by atoms with Gasteiger partial charge < -0.3 is 15.2 Å². The monoisotopic (exact) mass is 291 g/mol. The summed E-state index contributed by atoms with van der Waals surface area (Å²) in [6.45, 7) is 0.993. The first-order chi connectivity index (χ1) is 10.1. The van der Waals surface area contributed by atoms with Crippen LogP contribution >= 0.6 is 0 Å². The summed E-state index contributed by atoms with van der Waals surface area (Å²) < 4.78 is 38.2. The van der Waals surface area contributed by atoms with Crippen LogP contribution in [0.5, 0.6) is 11.5 Å². The minimum absolute atomic E-state index is 0.000103. The Morgan fingerprint density at radius 2 is 1.67 bits per heavy atom. The molecule has 21 heavy (non-hydrogen) atoms. The van der Waals surface area contributed by atoms with Gasteiger partial charge in [-0.25, -0.2) is 8.78 Å². The predicted octanol–water partition coefficient (Wildman–Crippen LogP) is 2.98. The molecule has 0 aromatic heterocycles. The number of benzene rings is 2. The van der Waals surface area contributed by atoms with Crippen molar-refractivity contribution >= 4 is 0 Å². The molecular weight excluding hydrogens is 276 g/mol. The molecule has 2 aromatic carbocycles. The van der Waals surface area contributed by atoms with Crippen molar-refractivity contribution in [3.05, 3.63) is 59.2 Å². The van der Waals surface area contributed by atoms with Crippen molar-refractivity contribution < 1.29 is 18.3 Å². The molecule has 0 saturated heterocycles. The molecule has 110 valence electrons. The Kier molecular flexibility index (Phi) is 3.75. The Morgan fingerprint density at radius 1 is 1.00 bits per heavy atom. The van der Waals surface area contributed by atoms with Crippen LogP contribution in [0.3, 0.4) is 0 Å². The summed E-state index contributed by atoms with van der Waals surface area (Å²) in [7, 11) is 0. The van der Waals surface area contributed by atoms with Gasteiger partial charge in [0.1, 0.15) is 24.8 Å². The molecule has 1 atom stereocenters. The molecule has 0 amide bonds. The highest BCUT2D eigenvalue weighted by atomic mass is 19.1. The van der Waals surface area contributed by atoms with Gasteiger partial charge in [-0.15, -0.1) is 0 Å². The quantitative estimate of drug-likeness (QED) is 0.945. The molecular formula is C16H15F2NO2. The van der Waals surface area contributed by atoms with E-state index in [-0.39, 0.29) is 12.0 Å². The fourth-order valence-electron chi connectivity index (χ4n) is 2.36. The average molecular weight is 291 g/mol. The number of nitrogens with two attached hydrogens (primary N) is 1. The van der Waals surface area contributed by atoms with Gasteiger partial charge in [0.2, 0.25) is 0 Å². The van der Waals surface area contributed by atoms with Gasteiger partial charge in [-0.1, -0.05) is 12.1 Å². The van der Waals surface area contributed by atoms with Gasteiger partial charge in [0.25, 0.3) is 0 Å². The Bertz CT molecular complexity index is 640. The second-order valence-electron chi connectivity index (χ2n) is 4.91.